The molecule has 0 saturated carbocycles. The summed E-state index contributed by atoms with van der Waals surface area (Å²) >= 11 is 0. The molecule has 2 rings (SSSR count). The van der Waals surface area contributed by atoms with Gasteiger partial charge in [0, 0.05) is 19.6 Å². The molecule has 1 aliphatic rings. The smallest absolute Gasteiger partial charge is 0.243 e. The molecule has 1 saturated heterocycles. The second-order valence-corrected chi connectivity index (χ2v) is 8.63. The van der Waals surface area contributed by atoms with Gasteiger partial charge in [-0.2, -0.15) is 4.31 Å². The molecule has 148 valence electrons. The number of hydrogen-bond acceptors (Lipinski definition) is 4. The molecule has 3 N–H and O–H groups in total. The van der Waals surface area contributed by atoms with Gasteiger partial charge >= 0.3 is 0 Å². The van der Waals surface area contributed by atoms with E-state index in [4.69, 9.17) is 5.73 Å². The normalized spacial score (nSPS) is 18.8. The molecule has 1 atom stereocenters. The zero-order valence-electron chi connectivity index (χ0n) is 15.5. The van der Waals surface area contributed by atoms with Gasteiger partial charge in [-0.25, -0.2) is 8.42 Å². The second kappa shape index (κ2) is 9.69. The molecule has 0 spiro atoms. The minimum absolute atomic E-state index is 0. The maximum Gasteiger partial charge on any atom is 0.243 e. The average molecular weight is 404 g/mol. The van der Waals surface area contributed by atoms with Crippen LogP contribution in [-0.4, -0.2) is 43.8 Å². The highest BCUT2D eigenvalue weighted by Crippen LogP contribution is 2.25. The highest BCUT2D eigenvalue weighted by molar-refractivity contribution is 7.89. The van der Waals surface area contributed by atoms with Gasteiger partial charge in [0.15, 0.2) is 0 Å². The predicted octanol–water partition coefficient (Wildman–Crippen LogP) is 2.14. The molecule has 1 aromatic rings. The summed E-state index contributed by atoms with van der Waals surface area (Å²) in [5.41, 5.74) is 5.45. The first-order chi connectivity index (χ1) is 11.9. The molecule has 0 bridgehead atoms. The van der Waals surface area contributed by atoms with Gasteiger partial charge < -0.3 is 11.1 Å². The van der Waals surface area contributed by atoms with Gasteiger partial charge in [-0.3, -0.25) is 4.79 Å². The first-order valence-electron chi connectivity index (χ1n) is 8.96. The molecule has 1 aromatic carbocycles. The lowest BCUT2D eigenvalue weighted by molar-refractivity contribution is -0.128. The van der Waals surface area contributed by atoms with Crippen LogP contribution in [0.1, 0.15) is 39.5 Å². The average Bonchev–Trinajstić information content (AvgIpc) is 2.67. The van der Waals surface area contributed by atoms with E-state index in [0.29, 0.717) is 25.9 Å². The lowest BCUT2D eigenvalue weighted by atomic mass is 9.90. The predicted molar refractivity (Wildman–Crippen MR) is 106 cm³/mol. The fraction of sp³-hybridized carbons (Fsp3) is 0.611. The van der Waals surface area contributed by atoms with E-state index in [9.17, 15) is 13.2 Å². The number of nitrogens with one attached hydrogen (secondary N) is 1. The molecule has 0 aromatic heterocycles. The van der Waals surface area contributed by atoms with Gasteiger partial charge in [0.1, 0.15) is 0 Å². The molecule has 1 amide bonds. The van der Waals surface area contributed by atoms with Crippen molar-refractivity contribution in [1.82, 2.24) is 9.62 Å². The number of amides is 1. The third kappa shape index (κ3) is 4.97. The Labute approximate surface area is 163 Å². The Morgan fingerprint density at radius 2 is 1.88 bits per heavy atom. The van der Waals surface area contributed by atoms with E-state index in [2.05, 4.69) is 5.32 Å². The number of sulfonamides is 1. The molecule has 1 fully saturated rings. The van der Waals surface area contributed by atoms with Gasteiger partial charge in [0.25, 0.3) is 0 Å². The zero-order chi connectivity index (χ0) is 18.5. The SMILES string of the molecule is CCC(CC)(CN)NC(=O)C1CCCN(S(=O)(=O)c2ccccc2)C1.Cl. The summed E-state index contributed by atoms with van der Waals surface area (Å²) in [6, 6.07) is 8.38. The molecular formula is C18H30ClN3O3S. The van der Waals surface area contributed by atoms with E-state index in [1.807, 2.05) is 13.8 Å². The zero-order valence-corrected chi connectivity index (χ0v) is 17.1. The third-order valence-corrected chi connectivity index (χ3v) is 7.15. The van der Waals surface area contributed by atoms with Crippen molar-refractivity contribution in [3.05, 3.63) is 30.3 Å². The van der Waals surface area contributed by atoms with Crippen LogP contribution >= 0.6 is 12.4 Å². The number of carbonyl (C=O) groups excluding carboxylic acids is 1. The minimum atomic E-state index is -3.56. The second-order valence-electron chi connectivity index (χ2n) is 6.70. The van der Waals surface area contributed by atoms with Crippen LogP contribution in [-0.2, 0) is 14.8 Å². The summed E-state index contributed by atoms with van der Waals surface area (Å²) in [6.07, 6.45) is 2.88. The summed E-state index contributed by atoms with van der Waals surface area (Å²) in [5.74, 6) is -0.432. The summed E-state index contributed by atoms with van der Waals surface area (Å²) in [4.78, 5) is 13.0. The van der Waals surface area contributed by atoms with Gasteiger partial charge in [-0.15, -0.1) is 12.4 Å². The lowest BCUT2D eigenvalue weighted by Gasteiger charge is -2.36. The molecular weight excluding hydrogens is 374 g/mol. The topological polar surface area (TPSA) is 92.5 Å². The van der Waals surface area contributed by atoms with Crippen molar-refractivity contribution in [2.24, 2.45) is 11.7 Å². The van der Waals surface area contributed by atoms with E-state index in [1.165, 1.54) is 4.31 Å². The van der Waals surface area contributed by atoms with Gasteiger partial charge in [-0.1, -0.05) is 32.0 Å². The number of rotatable bonds is 7. The van der Waals surface area contributed by atoms with Crippen molar-refractivity contribution in [1.29, 1.82) is 0 Å². The molecule has 8 heteroatoms. The Morgan fingerprint density at radius 3 is 2.42 bits per heavy atom. The van der Waals surface area contributed by atoms with Gasteiger partial charge in [-0.05, 0) is 37.8 Å². The van der Waals surface area contributed by atoms with Gasteiger partial charge in [0.2, 0.25) is 15.9 Å². The van der Waals surface area contributed by atoms with Crippen molar-refractivity contribution >= 4 is 28.3 Å². The Balaban J connectivity index is 0.00000338. The highest BCUT2D eigenvalue weighted by Gasteiger charge is 2.35. The monoisotopic (exact) mass is 403 g/mol. The van der Waals surface area contributed by atoms with Crippen molar-refractivity contribution in [3.8, 4) is 0 Å². The van der Waals surface area contributed by atoms with Crippen LogP contribution in [0.4, 0.5) is 0 Å². The van der Waals surface area contributed by atoms with Crippen LogP contribution in [0.15, 0.2) is 35.2 Å². The Hall–Kier alpha value is -1.15. The Bertz CT molecular complexity index is 670. The summed E-state index contributed by atoms with van der Waals surface area (Å²) in [6.45, 7) is 5.06. The standard InChI is InChI=1S/C18H29N3O3S.ClH/c1-3-18(4-2,14-19)20-17(22)15-9-8-12-21(13-15)25(23,24)16-10-6-5-7-11-16;/h5-7,10-11,15H,3-4,8-9,12-14,19H2,1-2H3,(H,20,22);1H. The minimum Gasteiger partial charge on any atom is -0.349 e. The van der Waals surface area contributed by atoms with E-state index >= 15 is 0 Å². The number of hydrogen-bond donors (Lipinski definition) is 2. The lowest BCUT2D eigenvalue weighted by Crippen LogP contribution is -2.56. The Kier molecular flexibility index (Phi) is 8.53. The van der Waals surface area contributed by atoms with Gasteiger partial charge in [0.05, 0.1) is 16.4 Å². The number of nitrogens with two attached hydrogens (primary N) is 1. The highest BCUT2D eigenvalue weighted by atomic mass is 35.5. The largest absolute Gasteiger partial charge is 0.349 e. The van der Waals surface area contributed by atoms with Crippen LogP contribution in [0.2, 0.25) is 0 Å². The van der Waals surface area contributed by atoms with Crippen LogP contribution < -0.4 is 11.1 Å². The summed E-state index contributed by atoms with van der Waals surface area (Å²) in [7, 11) is -3.56. The molecule has 1 heterocycles. The van der Waals surface area contributed by atoms with Crippen molar-refractivity contribution < 1.29 is 13.2 Å². The molecule has 1 unspecified atom stereocenters. The van der Waals surface area contributed by atoms with Crippen LogP contribution in [0, 0.1) is 5.92 Å². The maximum absolute atomic E-state index is 12.8. The Morgan fingerprint density at radius 1 is 1.27 bits per heavy atom. The van der Waals surface area contributed by atoms with E-state index in [1.54, 1.807) is 30.3 Å². The van der Waals surface area contributed by atoms with Crippen molar-refractivity contribution in [2.75, 3.05) is 19.6 Å². The van der Waals surface area contributed by atoms with E-state index in [0.717, 1.165) is 12.8 Å². The van der Waals surface area contributed by atoms with E-state index in [-0.39, 0.29) is 35.7 Å². The molecule has 6 nitrogen and oxygen atoms in total. The van der Waals surface area contributed by atoms with Crippen molar-refractivity contribution in [2.45, 2.75) is 50.0 Å². The maximum atomic E-state index is 12.8. The van der Waals surface area contributed by atoms with E-state index < -0.39 is 15.6 Å². The quantitative estimate of drug-likeness (QED) is 0.729. The molecule has 26 heavy (non-hydrogen) atoms. The number of benzene rings is 1. The van der Waals surface area contributed by atoms with Crippen LogP contribution in [0.3, 0.4) is 0 Å². The van der Waals surface area contributed by atoms with Crippen LogP contribution in [0.5, 0.6) is 0 Å². The fourth-order valence-corrected chi connectivity index (χ4v) is 4.79. The number of nitrogens with zero attached hydrogens (tertiary/aromatic N) is 1. The molecule has 1 aliphatic heterocycles. The molecule has 0 aliphatic carbocycles. The number of halogens is 1. The first kappa shape index (κ1) is 22.9. The first-order valence-corrected chi connectivity index (χ1v) is 10.4. The molecule has 0 radical (unpaired) electrons. The fourth-order valence-electron chi connectivity index (χ4n) is 3.25. The number of carbonyl (C=O) groups is 1. The van der Waals surface area contributed by atoms with Crippen molar-refractivity contribution in [3.63, 3.8) is 0 Å². The van der Waals surface area contributed by atoms with Crippen LogP contribution in [0.25, 0.3) is 0 Å². The summed E-state index contributed by atoms with van der Waals surface area (Å²) < 4.78 is 27.0. The number of piperidine rings is 1. The summed E-state index contributed by atoms with van der Waals surface area (Å²) in [5, 5.41) is 3.08. The third-order valence-electron chi connectivity index (χ3n) is 5.27.